The summed E-state index contributed by atoms with van der Waals surface area (Å²) in [7, 11) is -2.24. The van der Waals surface area contributed by atoms with Crippen molar-refractivity contribution < 1.29 is 17.9 Å². The SMILES string of the molecule is COc1ccc(S(=O)(=O)N[C@@H](C)C(=O)NC23CC4CC(CC(C4)C2)C3)cc1. The van der Waals surface area contributed by atoms with E-state index in [0.717, 1.165) is 37.0 Å². The normalized spacial score (nSPS) is 32.9. The summed E-state index contributed by atoms with van der Waals surface area (Å²) in [5.74, 6) is 2.53. The lowest BCUT2D eigenvalue weighted by Crippen LogP contribution is -2.62. The number of benzene rings is 1. The number of hydrogen-bond acceptors (Lipinski definition) is 4. The molecule has 4 fully saturated rings. The molecule has 0 aliphatic heterocycles. The van der Waals surface area contributed by atoms with Crippen LogP contribution in [0.15, 0.2) is 29.2 Å². The average molecular weight is 393 g/mol. The van der Waals surface area contributed by atoms with Crippen molar-refractivity contribution in [2.24, 2.45) is 17.8 Å². The zero-order valence-electron chi connectivity index (χ0n) is 15.9. The molecule has 0 radical (unpaired) electrons. The molecule has 1 aromatic carbocycles. The van der Waals surface area contributed by atoms with Gasteiger partial charge in [-0.05, 0) is 87.5 Å². The van der Waals surface area contributed by atoms with Gasteiger partial charge in [0.2, 0.25) is 15.9 Å². The second-order valence-corrected chi connectivity index (χ2v) is 10.4. The molecule has 27 heavy (non-hydrogen) atoms. The number of hydrogen-bond donors (Lipinski definition) is 2. The van der Waals surface area contributed by atoms with Crippen molar-refractivity contribution in [3.05, 3.63) is 24.3 Å². The van der Waals surface area contributed by atoms with E-state index in [4.69, 9.17) is 4.74 Å². The predicted octanol–water partition coefficient (Wildman–Crippen LogP) is 2.45. The Hall–Kier alpha value is -1.60. The molecule has 4 aliphatic rings. The van der Waals surface area contributed by atoms with Crippen molar-refractivity contribution in [1.82, 2.24) is 10.0 Å². The van der Waals surface area contributed by atoms with Gasteiger partial charge < -0.3 is 10.1 Å². The third kappa shape index (κ3) is 3.72. The molecule has 4 aliphatic carbocycles. The Bertz CT molecular complexity index is 784. The number of carbonyl (C=O) groups excluding carboxylic acids is 1. The van der Waals surface area contributed by atoms with Crippen LogP contribution in [0.3, 0.4) is 0 Å². The second kappa shape index (κ2) is 6.78. The van der Waals surface area contributed by atoms with Crippen LogP contribution in [-0.2, 0) is 14.8 Å². The summed E-state index contributed by atoms with van der Waals surface area (Å²) in [6, 6.07) is 5.32. The summed E-state index contributed by atoms with van der Waals surface area (Å²) in [6.45, 7) is 1.61. The molecule has 0 heterocycles. The largest absolute Gasteiger partial charge is 0.497 e. The van der Waals surface area contributed by atoms with Crippen LogP contribution >= 0.6 is 0 Å². The second-order valence-electron chi connectivity index (χ2n) is 8.71. The average Bonchev–Trinajstić information content (AvgIpc) is 2.59. The van der Waals surface area contributed by atoms with Gasteiger partial charge in [0, 0.05) is 5.54 Å². The fourth-order valence-corrected chi connectivity index (χ4v) is 6.95. The number of carbonyl (C=O) groups is 1. The molecule has 0 spiro atoms. The van der Waals surface area contributed by atoms with Gasteiger partial charge in [-0.25, -0.2) is 8.42 Å². The number of sulfonamides is 1. The number of nitrogens with one attached hydrogen (secondary N) is 2. The third-order valence-corrected chi connectivity index (χ3v) is 8.08. The van der Waals surface area contributed by atoms with Crippen molar-refractivity contribution in [1.29, 1.82) is 0 Å². The van der Waals surface area contributed by atoms with E-state index in [1.807, 2.05) is 0 Å². The molecular weight excluding hydrogens is 364 g/mol. The maximum atomic E-state index is 12.8. The van der Waals surface area contributed by atoms with Crippen LogP contribution in [0.5, 0.6) is 5.75 Å². The van der Waals surface area contributed by atoms with E-state index in [1.54, 1.807) is 19.1 Å². The van der Waals surface area contributed by atoms with Gasteiger partial charge in [0.1, 0.15) is 5.75 Å². The first kappa shape index (κ1) is 18.7. The van der Waals surface area contributed by atoms with E-state index < -0.39 is 16.1 Å². The summed E-state index contributed by atoms with van der Waals surface area (Å²) in [4.78, 5) is 12.9. The van der Waals surface area contributed by atoms with Crippen molar-refractivity contribution in [2.75, 3.05) is 7.11 Å². The van der Waals surface area contributed by atoms with E-state index in [2.05, 4.69) is 10.0 Å². The predicted molar refractivity (Wildman–Crippen MR) is 102 cm³/mol. The highest BCUT2D eigenvalue weighted by Crippen LogP contribution is 2.55. The zero-order chi connectivity index (χ0) is 19.2. The Labute approximate surface area is 161 Å². The zero-order valence-corrected chi connectivity index (χ0v) is 16.7. The lowest BCUT2D eigenvalue weighted by Gasteiger charge is -2.57. The quantitative estimate of drug-likeness (QED) is 0.779. The van der Waals surface area contributed by atoms with Gasteiger partial charge in [-0.15, -0.1) is 0 Å². The van der Waals surface area contributed by atoms with Gasteiger partial charge in [-0.3, -0.25) is 4.79 Å². The number of methoxy groups -OCH3 is 1. The van der Waals surface area contributed by atoms with Crippen molar-refractivity contribution >= 4 is 15.9 Å². The molecule has 1 atom stereocenters. The molecule has 1 amide bonds. The summed E-state index contributed by atoms with van der Waals surface area (Å²) in [5, 5.41) is 3.23. The fourth-order valence-electron chi connectivity index (χ4n) is 5.74. The van der Waals surface area contributed by atoms with Crippen molar-refractivity contribution in [3.8, 4) is 5.75 Å². The van der Waals surface area contributed by atoms with E-state index >= 15 is 0 Å². The highest BCUT2D eigenvalue weighted by Gasteiger charge is 2.51. The van der Waals surface area contributed by atoms with Crippen LogP contribution in [0, 0.1) is 17.8 Å². The molecule has 148 valence electrons. The Kier molecular flexibility index (Phi) is 4.71. The minimum absolute atomic E-state index is 0.119. The fraction of sp³-hybridized carbons (Fsp3) is 0.650. The summed E-state index contributed by atoms with van der Waals surface area (Å²) in [6.07, 6.45) is 7.03. The molecule has 7 heteroatoms. The molecule has 0 aromatic heterocycles. The molecule has 4 saturated carbocycles. The first-order valence-electron chi connectivity index (χ1n) is 9.77. The van der Waals surface area contributed by atoms with Crippen molar-refractivity contribution in [3.63, 3.8) is 0 Å². The topological polar surface area (TPSA) is 84.5 Å². The van der Waals surface area contributed by atoms with Gasteiger partial charge in [-0.1, -0.05) is 0 Å². The highest BCUT2D eigenvalue weighted by molar-refractivity contribution is 7.89. The lowest BCUT2D eigenvalue weighted by molar-refractivity contribution is -0.128. The van der Waals surface area contributed by atoms with Crippen LogP contribution in [0.2, 0.25) is 0 Å². The van der Waals surface area contributed by atoms with Crippen LogP contribution in [0.4, 0.5) is 0 Å². The molecule has 6 nitrogen and oxygen atoms in total. The van der Waals surface area contributed by atoms with E-state index in [1.165, 1.54) is 38.5 Å². The van der Waals surface area contributed by atoms with E-state index in [-0.39, 0.29) is 16.3 Å². The standard InChI is InChI=1S/C20H28N2O4S/c1-13(22-27(24,25)18-5-3-17(26-2)4-6-18)19(23)21-20-10-14-7-15(11-20)9-16(8-14)12-20/h3-6,13-16,22H,7-12H2,1-2H3,(H,21,23)/t13-,14?,15?,16?,20?/m0/s1. The maximum absolute atomic E-state index is 12.8. The minimum Gasteiger partial charge on any atom is -0.497 e. The minimum atomic E-state index is -3.76. The summed E-state index contributed by atoms with van der Waals surface area (Å²) >= 11 is 0. The lowest BCUT2D eigenvalue weighted by atomic mass is 9.53. The van der Waals surface area contributed by atoms with Gasteiger partial charge in [-0.2, -0.15) is 4.72 Å². The Balaban J connectivity index is 1.41. The van der Waals surface area contributed by atoms with Gasteiger partial charge >= 0.3 is 0 Å². The van der Waals surface area contributed by atoms with Crippen LogP contribution in [0.25, 0.3) is 0 Å². The number of amides is 1. The highest BCUT2D eigenvalue weighted by atomic mass is 32.2. The Morgan fingerprint density at radius 2 is 1.59 bits per heavy atom. The molecule has 4 bridgehead atoms. The molecular formula is C20H28N2O4S. The first-order valence-corrected chi connectivity index (χ1v) is 11.3. The number of rotatable bonds is 6. The molecule has 2 N–H and O–H groups in total. The van der Waals surface area contributed by atoms with E-state index in [0.29, 0.717) is 5.75 Å². The first-order chi connectivity index (χ1) is 12.8. The van der Waals surface area contributed by atoms with Gasteiger partial charge in [0.05, 0.1) is 18.0 Å². The Morgan fingerprint density at radius 1 is 1.07 bits per heavy atom. The molecule has 0 unspecified atom stereocenters. The van der Waals surface area contributed by atoms with Gasteiger partial charge in [0.15, 0.2) is 0 Å². The van der Waals surface area contributed by atoms with E-state index in [9.17, 15) is 13.2 Å². The maximum Gasteiger partial charge on any atom is 0.241 e. The molecule has 0 saturated heterocycles. The smallest absolute Gasteiger partial charge is 0.241 e. The van der Waals surface area contributed by atoms with Crippen LogP contribution in [-0.4, -0.2) is 33.0 Å². The molecule has 1 aromatic rings. The van der Waals surface area contributed by atoms with Crippen LogP contribution < -0.4 is 14.8 Å². The van der Waals surface area contributed by atoms with Gasteiger partial charge in [0.25, 0.3) is 0 Å². The third-order valence-electron chi connectivity index (χ3n) is 6.52. The molecule has 5 rings (SSSR count). The summed E-state index contributed by atoms with van der Waals surface area (Å²) < 4.78 is 32.7. The Morgan fingerprint density at radius 3 is 2.07 bits per heavy atom. The monoisotopic (exact) mass is 392 g/mol. The number of ether oxygens (including phenoxy) is 1. The van der Waals surface area contributed by atoms with Crippen molar-refractivity contribution in [2.45, 2.75) is 61.9 Å². The summed E-state index contributed by atoms with van der Waals surface area (Å²) in [5.41, 5.74) is -0.119. The van der Waals surface area contributed by atoms with Crippen LogP contribution in [0.1, 0.15) is 45.4 Å².